The molecule has 1 atom stereocenters. The molecule has 0 spiro atoms. The fourth-order valence-corrected chi connectivity index (χ4v) is 3.74. The van der Waals surface area contributed by atoms with Crippen LogP contribution in [0.2, 0.25) is 0 Å². The molecule has 0 saturated carbocycles. The van der Waals surface area contributed by atoms with Crippen LogP contribution in [0.25, 0.3) is 4.96 Å². The average Bonchev–Trinajstić information content (AvgIpc) is 3.28. The van der Waals surface area contributed by atoms with Crippen molar-refractivity contribution in [3.05, 3.63) is 34.5 Å². The average molecular weight is 359 g/mol. The number of amides is 1. The first-order chi connectivity index (χ1) is 12.0. The maximum Gasteiger partial charge on any atom is 0.275 e. The molecule has 4 heterocycles. The molecule has 0 bridgehead atoms. The second-order valence-electron chi connectivity index (χ2n) is 5.89. The van der Waals surface area contributed by atoms with Crippen LogP contribution in [0.5, 0.6) is 0 Å². The normalized spacial score (nSPS) is 17.6. The standard InChI is InChI=1S/C15H17N7O2S/c1-3-9-6-12(23)22-15(17-9)25-14(19-22)18-11-4-5-21(13(11)24)10-7-16-20(2)8-10/h6-8,11H,3-5H2,1-2H3,(H,18,19). The van der Waals surface area contributed by atoms with Crippen LogP contribution in [0.3, 0.4) is 0 Å². The van der Waals surface area contributed by atoms with Gasteiger partial charge in [-0.05, 0) is 12.8 Å². The Morgan fingerprint density at radius 1 is 1.40 bits per heavy atom. The molecule has 10 heteroatoms. The lowest BCUT2D eigenvalue weighted by Crippen LogP contribution is -2.33. The van der Waals surface area contributed by atoms with Gasteiger partial charge in [-0.15, -0.1) is 5.10 Å². The van der Waals surface area contributed by atoms with Gasteiger partial charge in [0, 0.05) is 31.5 Å². The van der Waals surface area contributed by atoms with Crippen LogP contribution in [-0.4, -0.2) is 42.9 Å². The molecule has 1 N–H and O–H groups in total. The van der Waals surface area contributed by atoms with E-state index in [-0.39, 0.29) is 17.5 Å². The lowest BCUT2D eigenvalue weighted by atomic mass is 10.2. The topological polar surface area (TPSA) is 97.4 Å². The predicted molar refractivity (Wildman–Crippen MR) is 94.1 cm³/mol. The number of nitrogens with zero attached hydrogens (tertiary/aromatic N) is 6. The minimum Gasteiger partial charge on any atom is -0.348 e. The number of hydrogen-bond donors (Lipinski definition) is 1. The number of anilines is 2. The molecule has 0 aliphatic carbocycles. The lowest BCUT2D eigenvalue weighted by Gasteiger charge is -2.14. The van der Waals surface area contributed by atoms with Gasteiger partial charge in [0.05, 0.1) is 11.9 Å². The first-order valence-corrected chi connectivity index (χ1v) is 8.83. The van der Waals surface area contributed by atoms with Gasteiger partial charge in [0.1, 0.15) is 6.04 Å². The third kappa shape index (κ3) is 2.78. The zero-order chi connectivity index (χ0) is 17.6. The van der Waals surface area contributed by atoms with Gasteiger partial charge in [0.25, 0.3) is 5.56 Å². The predicted octanol–water partition coefficient (Wildman–Crippen LogP) is 0.664. The Kier molecular flexibility index (Phi) is 3.75. The quantitative estimate of drug-likeness (QED) is 0.735. The summed E-state index contributed by atoms with van der Waals surface area (Å²) in [6.45, 7) is 2.56. The van der Waals surface area contributed by atoms with Crippen molar-refractivity contribution in [1.29, 1.82) is 0 Å². The van der Waals surface area contributed by atoms with Crippen molar-refractivity contribution in [3.63, 3.8) is 0 Å². The molecular weight excluding hydrogens is 342 g/mol. The summed E-state index contributed by atoms with van der Waals surface area (Å²) in [6.07, 6.45) is 4.83. The highest BCUT2D eigenvalue weighted by atomic mass is 32.1. The van der Waals surface area contributed by atoms with Gasteiger partial charge in [-0.3, -0.25) is 14.3 Å². The molecule has 3 aromatic rings. The zero-order valence-corrected chi connectivity index (χ0v) is 14.7. The van der Waals surface area contributed by atoms with E-state index in [0.717, 1.165) is 11.4 Å². The molecule has 1 aliphatic heterocycles. The smallest absolute Gasteiger partial charge is 0.275 e. The maximum atomic E-state index is 12.6. The van der Waals surface area contributed by atoms with Crippen molar-refractivity contribution in [2.75, 3.05) is 16.8 Å². The van der Waals surface area contributed by atoms with Crippen LogP contribution in [-0.2, 0) is 18.3 Å². The number of aryl methyl sites for hydroxylation is 2. The number of carbonyl (C=O) groups excluding carboxylic acids is 1. The lowest BCUT2D eigenvalue weighted by molar-refractivity contribution is -0.117. The van der Waals surface area contributed by atoms with Gasteiger partial charge in [0.15, 0.2) is 0 Å². The Morgan fingerprint density at radius 3 is 2.96 bits per heavy atom. The van der Waals surface area contributed by atoms with Crippen molar-refractivity contribution in [3.8, 4) is 0 Å². The largest absolute Gasteiger partial charge is 0.348 e. The molecule has 0 radical (unpaired) electrons. The van der Waals surface area contributed by atoms with E-state index in [0.29, 0.717) is 29.5 Å². The highest BCUT2D eigenvalue weighted by molar-refractivity contribution is 7.20. The van der Waals surface area contributed by atoms with Crippen LogP contribution in [0.15, 0.2) is 23.3 Å². The second kappa shape index (κ2) is 5.96. The van der Waals surface area contributed by atoms with Crippen LogP contribution >= 0.6 is 11.3 Å². The third-order valence-electron chi connectivity index (χ3n) is 4.17. The van der Waals surface area contributed by atoms with Crippen molar-refractivity contribution in [1.82, 2.24) is 24.4 Å². The van der Waals surface area contributed by atoms with Gasteiger partial charge in [-0.25, -0.2) is 4.98 Å². The number of hydrogen-bond acceptors (Lipinski definition) is 7. The monoisotopic (exact) mass is 359 g/mol. The molecule has 3 aromatic heterocycles. The second-order valence-corrected chi connectivity index (χ2v) is 6.84. The van der Waals surface area contributed by atoms with E-state index in [4.69, 9.17) is 0 Å². The maximum absolute atomic E-state index is 12.6. The summed E-state index contributed by atoms with van der Waals surface area (Å²) in [5.41, 5.74) is 1.31. The molecule has 0 aromatic carbocycles. The Bertz CT molecular complexity index is 1000. The third-order valence-corrected chi connectivity index (χ3v) is 5.01. The Morgan fingerprint density at radius 2 is 2.24 bits per heavy atom. The summed E-state index contributed by atoms with van der Waals surface area (Å²) in [7, 11) is 1.82. The number of carbonyl (C=O) groups is 1. The van der Waals surface area contributed by atoms with Crippen LogP contribution in [0.1, 0.15) is 19.0 Å². The fourth-order valence-electron chi connectivity index (χ4n) is 2.86. The number of rotatable bonds is 4. The van der Waals surface area contributed by atoms with Crippen LogP contribution in [0.4, 0.5) is 10.8 Å². The Labute approximate surface area is 146 Å². The van der Waals surface area contributed by atoms with Gasteiger partial charge in [-0.1, -0.05) is 18.3 Å². The van der Waals surface area contributed by atoms with E-state index in [9.17, 15) is 9.59 Å². The van der Waals surface area contributed by atoms with Crippen LogP contribution in [0, 0.1) is 0 Å². The zero-order valence-electron chi connectivity index (χ0n) is 13.8. The Balaban J connectivity index is 1.56. The molecule has 1 fully saturated rings. The van der Waals surface area contributed by atoms with E-state index in [2.05, 4.69) is 20.5 Å². The Hall–Kier alpha value is -2.75. The highest BCUT2D eigenvalue weighted by Crippen LogP contribution is 2.25. The number of fused-ring (bicyclic) bond motifs is 1. The molecule has 4 rings (SSSR count). The molecule has 25 heavy (non-hydrogen) atoms. The van der Waals surface area contributed by atoms with Gasteiger partial charge >= 0.3 is 0 Å². The van der Waals surface area contributed by atoms with Gasteiger partial charge in [0.2, 0.25) is 16.0 Å². The van der Waals surface area contributed by atoms with E-state index in [1.807, 2.05) is 20.2 Å². The first kappa shape index (κ1) is 15.8. The number of nitrogens with one attached hydrogen (secondary N) is 1. The van der Waals surface area contributed by atoms with Crippen molar-refractivity contribution in [2.45, 2.75) is 25.8 Å². The van der Waals surface area contributed by atoms with Crippen molar-refractivity contribution >= 4 is 33.0 Å². The van der Waals surface area contributed by atoms with Gasteiger partial charge in [-0.2, -0.15) is 9.61 Å². The summed E-state index contributed by atoms with van der Waals surface area (Å²) >= 11 is 1.27. The molecule has 1 saturated heterocycles. The summed E-state index contributed by atoms with van der Waals surface area (Å²) < 4.78 is 2.94. The highest BCUT2D eigenvalue weighted by Gasteiger charge is 2.33. The fraction of sp³-hybridized carbons (Fsp3) is 0.400. The molecule has 1 unspecified atom stereocenters. The molecule has 1 aliphatic rings. The summed E-state index contributed by atoms with van der Waals surface area (Å²) in [5, 5.41) is 12.0. The molecular formula is C15H17N7O2S. The van der Waals surface area contributed by atoms with Gasteiger partial charge < -0.3 is 10.2 Å². The van der Waals surface area contributed by atoms with Crippen molar-refractivity contribution in [2.24, 2.45) is 7.05 Å². The van der Waals surface area contributed by atoms with E-state index < -0.39 is 0 Å². The number of aromatic nitrogens is 5. The van der Waals surface area contributed by atoms with E-state index in [1.54, 1.807) is 15.8 Å². The van der Waals surface area contributed by atoms with Crippen LogP contribution < -0.4 is 15.8 Å². The minimum absolute atomic E-state index is 0.0261. The molecule has 1 amide bonds. The first-order valence-electron chi connectivity index (χ1n) is 8.01. The molecule has 9 nitrogen and oxygen atoms in total. The van der Waals surface area contributed by atoms with E-state index >= 15 is 0 Å². The summed E-state index contributed by atoms with van der Waals surface area (Å²) in [5.74, 6) is -0.0261. The summed E-state index contributed by atoms with van der Waals surface area (Å²) in [6, 6.07) is 1.11. The molecule has 130 valence electrons. The summed E-state index contributed by atoms with van der Waals surface area (Å²) in [4.78, 5) is 31.3. The SMILES string of the molecule is CCc1cc(=O)n2nc(NC3CCN(c4cnn(C)c4)C3=O)sc2n1. The minimum atomic E-state index is -0.373. The van der Waals surface area contributed by atoms with Crippen molar-refractivity contribution < 1.29 is 4.79 Å². The van der Waals surface area contributed by atoms with E-state index in [1.165, 1.54) is 21.9 Å².